The highest BCUT2D eigenvalue weighted by Gasteiger charge is 2.40. The molecular formula is C15H12N2O4. The molecule has 0 aliphatic carbocycles. The van der Waals surface area contributed by atoms with E-state index < -0.39 is 30.5 Å². The number of urea groups is 1. The van der Waals surface area contributed by atoms with Crippen LogP contribution in [-0.4, -0.2) is 34.5 Å². The number of hydrogen-bond acceptors (Lipinski definition) is 3. The van der Waals surface area contributed by atoms with E-state index in [1.807, 2.05) is 30.3 Å². The number of carboxylic acids is 1. The highest BCUT2D eigenvalue weighted by Crippen LogP contribution is 2.28. The first-order valence-corrected chi connectivity index (χ1v) is 6.39. The number of rotatable bonds is 3. The third-order valence-electron chi connectivity index (χ3n) is 3.45. The number of benzene rings is 2. The predicted molar refractivity (Wildman–Crippen MR) is 74.6 cm³/mol. The van der Waals surface area contributed by atoms with Crippen molar-refractivity contribution in [1.82, 2.24) is 10.2 Å². The molecule has 2 N–H and O–H groups in total. The van der Waals surface area contributed by atoms with Crippen molar-refractivity contribution in [1.29, 1.82) is 0 Å². The summed E-state index contributed by atoms with van der Waals surface area (Å²) in [7, 11) is 0. The molecule has 1 saturated heterocycles. The van der Waals surface area contributed by atoms with E-state index in [1.54, 1.807) is 12.1 Å². The Hall–Kier alpha value is -2.89. The summed E-state index contributed by atoms with van der Waals surface area (Å²) in [5.41, 5.74) is 0.666. The normalized spacial score (nSPS) is 18.1. The second-order valence-corrected chi connectivity index (χ2v) is 4.77. The molecule has 3 amide bonds. The van der Waals surface area contributed by atoms with E-state index in [0.29, 0.717) is 5.56 Å². The molecule has 0 radical (unpaired) electrons. The van der Waals surface area contributed by atoms with Crippen molar-refractivity contribution in [2.24, 2.45) is 0 Å². The molecule has 0 bridgehead atoms. The van der Waals surface area contributed by atoms with Crippen molar-refractivity contribution in [2.75, 3.05) is 6.54 Å². The lowest BCUT2D eigenvalue weighted by molar-refractivity contribution is -0.141. The highest BCUT2D eigenvalue weighted by molar-refractivity contribution is 6.08. The summed E-state index contributed by atoms with van der Waals surface area (Å²) in [6, 6.07) is 11.5. The zero-order chi connectivity index (χ0) is 15.0. The van der Waals surface area contributed by atoms with Crippen LogP contribution in [0.15, 0.2) is 42.5 Å². The summed E-state index contributed by atoms with van der Waals surface area (Å²) >= 11 is 0. The Bertz CT molecular complexity index is 751. The topological polar surface area (TPSA) is 86.7 Å². The van der Waals surface area contributed by atoms with Gasteiger partial charge in [0.1, 0.15) is 12.6 Å². The minimum atomic E-state index is -1.22. The van der Waals surface area contributed by atoms with Crippen LogP contribution in [0.1, 0.15) is 11.6 Å². The summed E-state index contributed by atoms with van der Waals surface area (Å²) in [6.07, 6.45) is 0. The number of carbonyl (C=O) groups excluding carboxylic acids is 2. The molecule has 1 aliphatic rings. The van der Waals surface area contributed by atoms with Crippen molar-refractivity contribution in [3.8, 4) is 0 Å². The van der Waals surface area contributed by atoms with Crippen molar-refractivity contribution in [2.45, 2.75) is 6.04 Å². The van der Waals surface area contributed by atoms with Gasteiger partial charge in [0.15, 0.2) is 0 Å². The first kappa shape index (κ1) is 13.1. The zero-order valence-corrected chi connectivity index (χ0v) is 10.9. The number of hydrogen-bond donors (Lipinski definition) is 2. The molecule has 106 valence electrons. The Morgan fingerprint density at radius 1 is 1.14 bits per heavy atom. The third kappa shape index (κ3) is 2.20. The monoisotopic (exact) mass is 284 g/mol. The van der Waals surface area contributed by atoms with E-state index in [4.69, 9.17) is 5.11 Å². The van der Waals surface area contributed by atoms with Crippen LogP contribution in [0.25, 0.3) is 10.8 Å². The van der Waals surface area contributed by atoms with Gasteiger partial charge in [-0.2, -0.15) is 0 Å². The number of carboxylic acid groups (broad SMARTS) is 1. The Balaban J connectivity index is 2.02. The second kappa shape index (κ2) is 4.90. The molecule has 1 aliphatic heterocycles. The van der Waals surface area contributed by atoms with Crippen molar-refractivity contribution < 1.29 is 19.5 Å². The van der Waals surface area contributed by atoms with E-state index in [-0.39, 0.29) is 0 Å². The van der Waals surface area contributed by atoms with Crippen LogP contribution in [0, 0.1) is 0 Å². The maximum absolute atomic E-state index is 12.3. The third-order valence-corrected chi connectivity index (χ3v) is 3.45. The average Bonchev–Trinajstić information content (AvgIpc) is 2.74. The number of amides is 3. The van der Waals surface area contributed by atoms with Gasteiger partial charge >= 0.3 is 12.0 Å². The van der Waals surface area contributed by atoms with Gasteiger partial charge in [0.05, 0.1) is 0 Å². The van der Waals surface area contributed by atoms with Gasteiger partial charge in [-0.15, -0.1) is 0 Å². The first-order valence-electron chi connectivity index (χ1n) is 6.39. The lowest BCUT2D eigenvalue weighted by Gasteiger charge is -2.12. The van der Waals surface area contributed by atoms with Crippen LogP contribution in [0.2, 0.25) is 0 Å². The number of imide groups is 1. The summed E-state index contributed by atoms with van der Waals surface area (Å²) in [4.78, 5) is 35.5. The Kier molecular flexibility index (Phi) is 3.06. The van der Waals surface area contributed by atoms with Gasteiger partial charge < -0.3 is 10.4 Å². The Morgan fingerprint density at radius 3 is 2.62 bits per heavy atom. The maximum Gasteiger partial charge on any atom is 0.325 e. The van der Waals surface area contributed by atoms with E-state index in [2.05, 4.69) is 5.32 Å². The van der Waals surface area contributed by atoms with Gasteiger partial charge in [0, 0.05) is 0 Å². The van der Waals surface area contributed by atoms with Gasteiger partial charge in [-0.1, -0.05) is 42.5 Å². The largest absolute Gasteiger partial charge is 0.480 e. The first-order chi connectivity index (χ1) is 10.1. The maximum atomic E-state index is 12.3. The molecule has 0 aromatic heterocycles. The molecule has 3 rings (SSSR count). The van der Waals surface area contributed by atoms with Crippen LogP contribution in [0.5, 0.6) is 0 Å². The standard InChI is InChI=1S/C15H12N2O4/c18-12(19)8-17-14(20)13(16-15(17)21)11-7-3-5-9-4-1-2-6-10(9)11/h1-7,13H,8H2,(H,16,21)(H,18,19). The van der Waals surface area contributed by atoms with Gasteiger partial charge in [-0.25, -0.2) is 4.79 Å². The number of nitrogens with zero attached hydrogens (tertiary/aromatic N) is 1. The van der Waals surface area contributed by atoms with Crippen molar-refractivity contribution in [3.05, 3.63) is 48.0 Å². The summed E-state index contributed by atoms with van der Waals surface area (Å²) in [6.45, 7) is -0.633. The number of nitrogens with one attached hydrogen (secondary N) is 1. The molecule has 21 heavy (non-hydrogen) atoms. The SMILES string of the molecule is O=C(O)CN1C(=O)NC(c2cccc3ccccc23)C1=O. The average molecular weight is 284 g/mol. The molecule has 2 aromatic carbocycles. The Labute approximate surface area is 120 Å². The fraction of sp³-hybridized carbons (Fsp3) is 0.133. The molecule has 6 nitrogen and oxygen atoms in total. The summed E-state index contributed by atoms with van der Waals surface area (Å²) in [5.74, 6) is -1.77. The zero-order valence-electron chi connectivity index (χ0n) is 10.9. The minimum Gasteiger partial charge on any atom is -0.480 e. The second-order valence-electron chi connectivity index (χ2n) is 4.77. The van der Waals surface area contributed by atoms with Crippen LogP contribution in [0.4, 0.5) is 4.79 Å². The molecule has 6 heteroatoms. The molecule has 2 aromatic rings. The number of fused-ring (bicyclic) bond motifs is 1. The summed E-state index contributed by atoms with van der Waals surface area (Å²) < 4.78 is 0. The molecule has 1 fully saturated rings. The van der Waals surface area contributed by atoms with Crippen LogP contribution >= 0.6 is 0 Å². The number of aliphatic carboxylic acids is 1. The van der Waals surface area contributed by atoms with Gasteiger partial charge in [-0.05, 0) is 16.3 Å². The molecule has 1 unspecified atom stereocenters. The molecule has 1 atom stereocenters. The van der Waals surface area contributed by atoms with Crippen LogP contribution < -0.4 is 5.32 Å². The fourth-order valence-corrected chi connectivity index (χ4v) is 2.52. The van der Waals surface area contributed by atoms with Crippen molar-refractivity contribution in [3.63, 3.8) is 0 Å². The smallest absolute Gasteiger partial charge is 0.325 e. The van der Waals surface area contributed by atoms with Gasteiger partial charge in [-0.3, -0.25) is 14.5 Å². The van der Waals surface area contributed by atoms with E-state index in [0.717, 1.165) is 15.7 Å². The fourth-order valence-electron chi connectivity index (χ4n) is 2.52. The van der Waals surface area contributed by atoms with Crippen LogP contribution in [0.3, 0.4) is 0 Å². The predicted octanol–water partition coefficient (Wildman–Crippen LogP) is 1.52. The molecule has 0 saturated carbocycles. The van der Waals surface area contributed by atoms with Gasteiger partial charge in [0.2, 0.25) is 0 Å². The lowest BCUT2D eigenvalue weighted by atomic mass is 9.99. The van der Waals surface area contributed by atoms with E-state index in [9.17, 15) is 14.4 Å². The van der Waals surface area contributed by atoms with Gasteiger partial charge in [0.25, 0.3) is 5.91 Å². The highest BCUT2D eigenvalue weighted by atomic mass is 16.4. The van der Waals surface area contributed by atoms with E-state index >= 15 is 0 Å². The Morgan fingerprint density at radius 2 is 1.86 bits per heavy atom. The van der Waals surface area contributed by atoms with Crippen molar-refractivity contribution >= 4 is 28.7 Å². The summed E-state index contributed by atoms with van der Waals surface area (Å²) in [5, 5.41) is 13.1. The quantitative estimate of drug-likeness (QED) is 0.837. The van der Waals surface area contributed by atoms with Crippen LogP contribution in [-0.2, 0) is 9.59 Å². The molecule has 1 heterocycles. The number of carbonyl (C=O) groups is 3. The molecule has 0 spiro atoms. The molecular weight excluding hydrogens is 272 g/mol. The minimum absolute atomic E-state index is 0.543. The lowest BCUT2D eigenvalue weighted by Crippen LogP contribution is -2.35. The van der Waals surface area contributed by atoms with E-state index in [1.165, 1.54) is 0 Å².